The topological polar surface area (TPSA) is 23.5 Å². The zero-order chi connectivity index (χ0) is 10.6. The fourth-order valence-corrected chi connectivity index (χ4v) is 1.75. The highest BCUT2D eigenvalue weighted by Crippen LogP contribution is 2.26. The monoisotopic (exact) mass is 193 g/mol. The molecule has 78 valence electrons. The standard InChI is InChI=1S/C12H19NO/c1-4-13(14)12(10(2)3)11-8-6-5-7-9-11/h5-10,12,14H,4H2,1-3H3. The van der Waals surface area contributed by atoms with Crippen LogP contribution in [0.1, 0.15) is 32.4 Å². The molecule has 1 aromatic rings. The van der Waals surface area contributed by atoms with Crippen LogP contribution in [0.5, 0.6) is 0 Å². The Bertz CT molecular complexity index is 258. The predicted molar refractivity (Wildman–Crippen MR) is 58.2 cm³/mol. The van der Waals surface area contributed by atoms with Gasteiger partial charge in [-0.1, -0.05) is 51.1 Å². The van der Waals surface area contributed by atoms with Crippen molar-refractivity contribution in [3.8, 4) is 0 Å². The summed E-state index contributed by atoms with van der Waals surface area (Å²) in [7, 11) is 0. The molecule has 0 saturated carbocycles. The first-order valence-electron chi connectivity index (χ1n) is 5.17. The molecular weight excluding hydrogens is 174 g/mol. The maximum atomic E-state index is 9.77. The molecule has 0 saturated heterocycles. The number of hydrogen-bond donors (Lipinski definition) is 1. The molecule has 0 aromatic heterocycles. The van der Waals surface area contributed by atoms with E-state index in [1.807, 2.05) is 25.1 Å². The Morgan fingerprint density at radius 2 is 1.79 bits per heavy atom. The lowest BCUT2D eigenvalue weighted by atomic mass is 9.96. The Morgan fingerprint density at radius 1 is 1.21 bits per heavy atom. The molecule has 0 aliphatic rings. The van der Waals surface area contributed by atoms with Crippen molar-refractivity contribution < 1.29 is 5.21 Å². The van der Waals surface area contributed by atoms with Gasteiger partial charge < -0.3 is 5.21 Å². The minimum absolute atomic E-state index is 0.0983. The van der Waals surface area contributed by atoms with Crippen LogP contribution in [0.2, 0.25) is 0 Å². The van der Waals surface area contributed by atoms with Crippen molar-refractivity contribution in [1.82, 2.24) is 5.06 Å². The molecule has 1 rings (SSSR count). The van der Waals surface area contributed by atoms with Crippen LogP contribution in [0.25, 0.3) is 0 Å². The summed E-state index contributed by atoms with van der Waals surface area (Å²) in [5.74, 6) is 0.405. The lowest BCUT2D eigenvalue weighted by Crippen LogP contribution is -2.28. The fourth-order valence-electron chi connectivity index (χ4n) is 1.75. The molecule has 14 heavy (non-hydrogen) atoms. The van der Waals surface area contributed by atoms with Crippen molar-refractivity contribution in [2.75, 3.05) is 6.54 Å². The van der Waals surface area contributed by atoms with Crippen LogP contribution in [0.15, 0.2) is 30.3 Å². The quantitative estimate of drug-likeness (QED) is 0.743. The number of nitrogens with zero attached hydrogens (tertiary/aromatic N) is 1. The first-order chi connectivity index (χ1) is 6.66. The van der Waals surface area contributed by atoms with Gasteiger partial charge in [0.1, 0.15) is 0 Å². The van der Waals surface area contributed by atoms with Crippen LogP contribution < -0.4 is 0 Å². The number of hydrogen-bond acceptors (Lipinski definition) is 2. The molecule has 0 radical (unpaired) electrons. The van der Waals surface area contributed by atoms with Gasteiger partial charge in [-0.05, 0) is 11.5 Å². The molecule has 2 nitrogen and oxygen atoms in total. The fraction of sp³-hybridized carbons (Fsp3) is 0.500. The molecule has 1 unspecified atom stereocenters. The maximum absolute atomic E-state index is 9.77. The van der Waals surface area contributed by atoms with Gasteiger partial charge in [-0.2, -0.15) is 5.06 Å². The van der Waals surface area contributed by atoms with Crippen LogP contribution >= 0.6 is 0 Å². The highest BCUT2D eigenvalue weighted by atomic mass is 16.5. The van der Waals surface area contributed by atoms with Crippen molar-refractivity contribution in [3.05, 3.63) is 35.9 Å². The van der Waals surface area contributed by atoms with Crippen LogP contribution in [0.3, 0.4) is 0 Å². The molecular formula is C12H19NO. The average Bonchev–Trinajstić information content (AvgIpc) is 2.19. The maximum Gasteiger partial charge on any atom is 0.0622 e. The van der Waals surface area contributed by atoms with Gasteiger partial charge in [0.2, 0.25) is 0 Å². The van der Waals surface area contributed by atoms with E-state index in [2.05, 4.69) is 26.0 Å². The second-order valence-electron chi connectivity index (χ2n) is 3.86. The highest BCUT2D eigenvalue weighted by Gasteiger charge is 2.20. The third kappa shape index (κ3) is 2.56. The number of benzene rings is 1. The van der Waals surface area contributed by atoms with E-state index in [1.165, 1.54) is 10.6 Å². The van der Waals surface area contributed by atoms with E-state index < -0.39 is 0 Å². The molecule has 0 amide bonds. The Balaban J connectivity index is 2.89. The summed E-state index contributed by atoms with van der Waals surface area (Å²) in [5, 5.41) is 11.2. The van der Waals surface area contributed by atoms with Crippen molar-refractivity contribution in [1.29, 1.82) is 0 Å². The SMILES string of the molecule is CCN(O)C(c1ccccc1)C(C)C. The van der Waals surface area contributed by atoms with Gasteiger partial charge in [0, 0.05) is 6.54 Å². The normalized spacial score (nSPS) is 13.6. The van der Waals surface area contributed by atoms with Gasteiger partial charge >= 0.3 is 0 Å². The molecule has 1 atom stereocenters. The van der Waals surface area contributed by atoms with Crippen LogP contribution in [0, 0.1) is 5.92 Å². The third-order valence-electron chi connectivity index (χ3n) is 2.42. The zero-order valence-electron chi connectivity index (χ0n) is 9.14. The van der Waals surface area contributed by atoms with E-state index >= 15 is 0 Å². The van der Waals surface area contributed by atoms with Crippen molar-refractivity contribution in [2.24, 2.45) is 5.92 Å². The molecule has 0 heterocycles. The average molecular weight is 193 g/mol. The van der Waals surface area contributed by atoms with Gasteiger partial charge in [-0.15, -0.1) is 0 Å². The van der Waals surface area contributed by atoms with E-state index in [-0.39, 0.29) is 6.04 Å². The lowest BCUT2D eigenvalue weighted by molar-refractivity contribution is -0.136. The second kappa shape index (κ2) is 5.13. The van der Waals surface area contributed by atoms with Crippen LogP contribution in [0.4, 0.5) is 0 Å². The van der Waals surface area contributed by atoms with E-state index in [0.717, 1.165) is 0 Å². The van der Waals surface area contributed by atoms with E-state index in [9.17, 15) is 5.21 Å². The Hall–Kier alpha value is -0.860. The summed E-state index contributed by atoms with van der Waals surface area (Å²) < 4.78 is 0. The van der Waals surface area contributed by atoms with Gasteiger partial charge in [0.05, 0.1) is 6.04 Å². The molecule has 0 spiro atoms. The minimum atomic E-state index is 0.0983. The summed E-state index contributed by atoms with van der Waals surface area (Å²) in [6.45, 7) is 6.85. The Labute approximate surface area is 86.1 Å². The summed E-state index contributed by atoms with van der Waals surface area (Å²) in [5.41, 5.74) is 1.17. The largest absolute Gasteiger partial charge is 0.313 e. The van der Waals surface area contributed by atoms with Crippen molar-refractivity contribution in [3.63, 3.8) is 0 Å². The van der Waals surface area contributed by atoms with Crippen molar-refractivity contribution >= 4 is 0 Å². The summed E-state index contributed by atoms with van der Waals surface area (Å²) in [6.07, 6.45) is 0. The predicted octanol–water partition coefficient (Wildman–Crippen LogP) is 3.09. The zero-order valence-corrected chi connectivity index (χ0v) is 9.14. The first kappa shape index (κ1) is 11.2. The number of rotatable bonds is 4. The van der Waals surface area contributed by atoms with Crippen LogP contribution in [-0.2, 0) is 0 Å². The molecule has 0 aliphatic heterocycles. The molecule has 0 aliphatic carbocycles. The second-order valence-corrected chi connectivity index (χ2v) is 3.86. The van der Waals surface area contributed by atoms with Gasteiger partial charge in [-0.3, -0.25) is 0 Å². The summed E-state index contributed by atoms with van der Waals surface area (Å²) in [4.78, 5) is 0. The first-order valence-corrected chi connectivity index (χ1v) is 5.17. The van der Waals surface area contributed by atoms with E-state index in [4.69, 9.17) is 0 Å². The molecule has 1 aromatic carbocycles. The molecule has 0 bridgehead atoms. The summed E-state index contributed by atoms with van der Waals surface area (Å²) in [6, 6.07) is 10.2. The molecule has 2 heteroatoms. The minimum Gasteiger partial charge on any atom is -0.313 e. The van der Waals surface area contributed by atoms with Gasteiger partial charge in [0.25, 0.3) is 0 Å². The lowest BCUT2D eigenvalue weighted by Gasteiger charge is -2.28. The smallest absolute Gasteiger partial charge is 0.0622 e. The Kier molecular flexibility index (Phi) is 4.11. The molecule has 0 fully saturated rings. The molecule has 1 N–H and O–H groups in total. The van der Waals surface area contributed by atoms with Crippen LogP contribution in [-0.4, -0.2) is 16.8 Å². The Morgan fingerprint density at radius 3 is 2.21 bits per heavy atom. The highest BCUT2D eigenvalue weighted by molar-refractivity contribution is 5.19. The van der Waals surface area contributed by atoms with Gasteiger partial charge in [-0.25, -0.2) is 0 Å². The summed E-state index contributed by atoms with van der Waals surface area (Å²) >= 11 is 0. The van der Waals surface area contributed by atoms with E-state index in [1.54, 1.807) is 0 Å². The van der Waals surface area contributed by atoms with Crippen molar-refractivity contribution in [2.45, 2.75) is 26.8 Å². The third-order valence-corrected chi connectivity index (χ3v) is 2.42. The van der Waals surface area contributed by atoms with Gasteiger partial charge in [0.15, 0.2) is 0 Å². The number of hydroxylamine groups is 2. The van der Waals surface area contributed by atoms with E-state index in [0.29, 0.717) is 12.5 Å².